The van der Waals surface area contributed by atoms with Gasteiger partial charge < -0.3 is 14.8 Å². The van der Waals surface area contributed by atoms with Gasteiger partial charge in [0.2, 0.25) is 0 Å². The maximum Gasteiger partial charge on any atom is 0.342 e. The summed E-state index contributed by atoms with van der Waals surface area (Å²) >= 11 is 0. The Labute approximate surface area is 107 Å². The molecule has 2 aromatic rings. The first-order chi connectivity index (χ1) is 9.15. The van der Waals surface area contributed by atoms with Crippen molar-refractivity contribution in [3.63, 3.8) is 0 Å². The van der Waals surface area contributed by atoms with Gasteiger partial charge in [0.1, 0.15) is 17.1 Å². The van der Waals surface area contributed by atoms with Crippen molar-refractivity contribution in [3.05, 3.63) is 45.9 Å². The van der Waals surface area contributed by atoms with Crippen molar-refractivity contribution in [2.45, 2.75) is 6.42 Å². The molecule has 0 unspecified atom stereocenters. The maximum absolute atomic E-state index is 11.6. The SMILES string of the molecule is O=C(O)c1cnc(-c2ccc3c(c2)CCO3)[nH]c1=O. The molecule has 0 bridgehead atoms. The Morgan fingerprint density at radius 2 is 2.26 bits per heavy atom. The zero-order valence-electron chi connectivity index (χ0n) is 9.84. The summed E-state index contributed by atoms with van der Waals surface area (Å²) in [7, 11) is 0. The Kier molecular flexibility index (Phi) is 2.56. The van der Waals surface area contributed by atoms with Gasteiger partial charge in [-0.3, -0.25) is 4.79 Å². The van der Waals surface area contributed by atoms with E-state index in [-0.39, 0.29) is 5.56 Å². The zero-order chi connectivity index (χ0) is 13.4. The summed E-state index contributed by atoms with van der Waals surface area (Å²) in [5.74, 6) is -0.0967. The average Bonchev–Trinajstić information content (AvgIpc) is 2.85. The summed E-state index contributed by atoms with van der Waals surface area (Å²) in [5.41, 5.74) is 0.767. The van der Waals surface area contributed by atoms with Crippen LogP contribution in [-0.4, -0.2) is 27.7 Å². The average molecular weight is 258 g/mol. The molecule has 2 N–H and O–H groups in total. The van der Waals surface area contributed by atoms with E-state index in [1.54, 1.807) is 6.07 Å². The van der Waals surface area contributed by atoms with Crippen LogP contribution in [0.15, 0.2) is 29.2 Å². The summed E-state index contributed by atoms with van der Waals surface area (Å²) in [6, 6.07) is 5.49. The van der Waals surface area contributed by atoms with Crippen LogP contribution >= 0.6 is 0 Å². The molecule has 1 aliphatic heterocycles. The lowest BCUT2D eigenvalue weighted by Gasteiger charge is -2.04. The highest BCUT2D eigenvalue weighted by molar-refractivity contribution is 5.86. The summed E-state index contributed by atoms with van der Waals surface area (Å²) in [5, 5.41) is 8.78. The lowest BCUT2D eigenvalue weighted by molar-refractivity contribution is 0.0694. The van der Waals surface area contributed by atoms with Gasteiger partial charge in [-0.2, -0.15) is 0 Å². The van der Waals surface area contributed by atoms with Crippen LogP contribution in [0, 0.1) is 0 Å². The molecular weight excluding hydrogens is 248 g/mol. The van der Waals surface area contributed by atoms with Crippen LogP contribution in [0.25, 0.3) is 11.4 Å². The molecular formula is C13H10N2O4. The van der Waals surface area contributed by atoms with E-state index in [0.717, 1.165) is 29.5 Å². The van der Waals surface area contributed by atoms with E-state index < -0.39 is 11.5 Å². The molecule has 0 aliphatic carbocycles. The number of aromatic carboxylic acids is 1. The number of ether oxygens (including phenoxy) is 1. The van der Waals surface area contributed by atoms with Crippen LogP contribution in [0.3, 0.4) is 0 Å². The topological polar surface area (TPSA) is 92.3 Å². The van der Waals surface area contributed by atoms with Crippen molar-refractivity contribution in [1.82, 2.24) is 9.97 Å². The molecule has 0 radical (unpaired) electrons. The van der Waals surface area contributed by atoms with Crippen LogP contribution in [-0.2, 0) is 6.42 Å². The van der Waals surface area contributed by atoms with Crippen molar-refractivity contribution in [1.29, 1.82) is 0 Å². The minimum absolute atomic E-state index is 0.352. The normalized spacial score (nSPS) is 12.8. The molecule has 1 aromatic carbocycles. The van der Waals surface area contributed by atoms with E-state index in [9.17, 15) is 9.59 Å². The van der Waals surface area contributed by atoms with Crippen molar-refractivity contribution in [2.75, 3.05) is 6.61 Å². The van der Waals surface area contributed by atoms with Crippen LogP contribution in [0.4, 0.5) is 0 Å². The second-order valence-corrected chi connectivity index (χ2v) is 4.20. The number of benzene rings is 1. The highest BCUT2D eigenvalue weighted by Gasteiger charge is 2.15. The number of H-pyrrole nitrogens is 1. The van der Waals surface area contributed by atoms with Crippen LogP contribution < -0.4 is 10.3 Å². The molecule has 1 aromatic heterocycles. The Hall–Kier alpha value is -2.63. The Bertz CT molecular complexity index is 721. The summed E-state index contributed by atoms with van der Waals surface area (Å²) < 4.78 is 5.39. The van der Waals surface area contributed by atoms with E-state index in [1.165, 1.54) is 0 Å². The predicted molar refractivity (Wildman–Crippen MR) is 66.5 cm³/mol. The number of carboxylic acid groups (broad SMARTS) is 1. The lowest BCUT2D eigenvalue weighted by Crippen LogP contribution is -2.18. The van der Waals surface area contributed by atoms with Crippen molar-refractivity contribution in [3.8, 4) is 17.1 Å². The number of nitrogens with zero attached hydrogens (tertiary/aromatic N) is 1. The van der Waals surface area contributed by atoms with Gasteiger partial charge in [0.05, 0.1) is 6.61 Å². The van der Waals surface area contributed by atoms with E-state index in [2.05, 4.69) is 9.97 Å². The number of aromatic amines is 1. The molecule has 1 aliphatic rings. The van der Waals surface area contributed by atoms with E-state index in [1.807, 2.05) is 12.1 Å². The number of hydrogen-bond acceptors (Lipinski definition) is 4. The molecule has 0 atom stereocenters. The first-order valence-electron chi connectivity index (χ1n) is 5.74. The van der Waals surface area contributed by atoms with E-state index in [4.69, 9.17) is 9.84 Å². The van der Waals surface area contributed by atoms with Gasteiger partial charge in [0.15, 0.2) is 0 Å². The van der Waals surface area contributed by atoms with E-state index >= 15 is 0 Å². The molecule has 6 nitrogen and oxygen atoms in total. The predicted octanol–water partition coefficient (Wildman–Crippen LogP) is 1.07. The Balaban J connectivity index is 2.05. The summed E-state index contributed by atoms with van der Waals surface area (Å²) in [6.45, 7) is 0.653. The van der Waals surface area contributed by atoms with E-state index in [0.29, 0.717) is 12.4 Å². The number of rotatable bonds is 2. The fraction of sp³-hybridized carbons (Fsp3) is 0.154. The first kappa shape index (κ1) is 11.5. The van der Waals surface area contributed by atoms with Gasteiger partial charge in [-0.25, -0.2) is 9.78 Å². The molecule has 6 heteroatoms. The molecule has 2 heterocycles. The van der Waals surface area contributed by atoms with Crippen molar-refractivity contribution >= 4 is 5.97 Å². The standard InChI is InChI=1S/C13H10N2O4/c16-12-9(13(17)18)6-14-11(15-12)8-1-2-10-7(5-8)3-4-19-10/h1-2,5-6H,3-4H2,(H,17,18)(H,14,15,16). The van der Waals surface area contributed by atoms with Gasteiger partial charge in [0, 0.05) is 18.2 Å². The van der Waals surface area contributed by atoms with Gasteiger partial charge in [-0.15, -0.1) is 0 Å². The highest BCUT2D eigenvalue weighted by Crippen LogP contribution is 2.28. The van der Waals surface area contributed by atoms with Crippen molar-refractivity contribution in [2.24, 2.45) is 0 Å². The van der Waals surface area contributed by atoms with Crippen LogP contribution in [0.5, 0.6) is 5.75 Å². The number of carbonyl (C=O) groups is 1. The third-order valence-electron chi connectivity index (χ3n) is 2.99. The maximum atomic E-state index is 11.6. The minimum atomic E-state index is -1.29. The quantitative estimate of drug-likeness (QED) is 0.840. The molecule has 0 fully saturated rings. The smallest absolute Gasteiger partial charge is 0.342 e. The summed E-state index contributed by atoms with van der Waals surface area (Å²) in [4.78, 5) is 28.8. The van der Waals surface area contributed by atoms with Crippen LogP contribution in [0.2, 0.25) is 0 Å². The monoisotopic (exact) mass is 258 g/mol. The highest BCUT2D eigenvalue weighted by atomic mass is 16.5. The third kappa shape index (κ3) is 1.97. The number of carboxylic acids is 1. The Morgan fingerprint density at radius 3 is 3.00 bits per heavy atom. The minimum Gasteiger partial charge on any atom is -0.493 e. The fourth-order valence-electron chi connectivity index (χ4n) is 2.03. The van der Waals surface area contributed by atoms with Gasteiger partial charge in [0.25, 0.3) is 5.56 Å². The molecule has 0 saturated carbocycles. The third-order valence-corrected chi connectivity index (χ3v) is 2.99. The van der Waals surface area contributed by atoms with Crippen LogP contribution in [0.1, 0.15) is 15.9 Å². The largest absolute Gasteiger partial charge is 0.493 e. The number of hydrogen-bond donors (Lipinski definition) is 2. The molecule has 0 saturated heterocycles. The first-order valence-corrected chi connectivity index (χ1v) is 5.74. The second-order valence-electron chi connectivity index (χ2n) is 4.20. The molecule has 3 rings (SSSR count). The molecule has 0 spiro atoms. The van der Waals surface area contributed by atoms with Crippen molar-refractivity contribution < 1.29 is 14.6 Å². The molecule has 0 amide bonds. The second kappa shape index (κ2) is 4.24. The van der Waals surface area contributed by atoms with Gasteiger partial charge >= 0.3 is 5.97 Å². The lowest BCUT2D eigenvalue weighted by atomic mass is 10.1. The Morgan fingerprint density at radius 1 is 1.42 bits per heavy atom. The number of fused-ring (bicyclic) bond motifs is 1. The molecule has 96 valence electrons. The number of aromatic nitrogens is 2. The fourth-order valence-corrected chi connectivity index (χ4v) is 2.03. The number of nitrogens with one attached hydrogen (secondary N) is 1. The zero-order valence-corrected chi connectivity index (χ0v) is 9.84. The van der Waals surface area contributed by atoms with Gasteiger partial charge in [-0.05, 0) is 23.8 Å². The van der Waals surface area contributed by atoms with Gasteiger partial charge in [-0.1, -0.05) is 0 Å². The summed E-state index contributed by atoms with van der Waals surface area (Å²) in [6.07, 6.45) is 1.89. The molecule has 19 heavy (non-hydrogen) atoms.